The van der Waals surface area contributed by atoms with Crippen LogP contribution < -0.4 is 16.4 Å². The molecular formula is C11H17N5O2S2. The Morgan fingerprint density at radius 3 is 2.75 bits per heavy atom. The van der Waals surface area contributed by atoms with Crippen molar-refractivity contribution in [3.05, 3.63) is 0 Å². The van der Waals surface area contributed by atoms with Crippen LogP contribution in [0.25, 0.3) is 0 Å². The van der Waals surface area contributed by atoms with Crippen LogP contribution in [0.1, 0.15) is 32.1 Å². The number of carbonyl (C=O) groups is 2. The lowest BCUT2D eigenvalue weighted by Crippen LogP contribution is -2.38. The highest BCUT2D eigenvalue weighted by Crippen LogP contribution is 2.25. The molecule has 0 bridgehead atoms. The molecule has 9 heteroatoms. The zero-order valence-electron chi connectivity index (χ0n) is 10.9. The summed E-state index contributed by atoms with van der Waals surface area (Å²) in [5.74, 6) is -0.252. The first-order valence-electron chi connectivity index (χ1n) is 6.45. The number of aromatic nitrogens is 2. The highest BCUT2D eigenvalue weighted by atomic mass is 32.2. The first-order valence-corrected chi connectivity index (χ1v) is 8.26. The number of anilines is 1. The number of hydrogen-bond donors (Lipinski definition) is 3. The van der Waals surface area contributed by atoms with Gasteiger partial charge in [-0.25, -0.2) is 4.79 Å². The van der Waals surface area contributed by atoms with Crippen molar-refractivity contribution >= 4 is 40.2 Å². The van der Waals surface area contributed by atoms with E-state index in [-0.39, 0.29) is 17.8 Å². The number of hydrogen-bond acceptors (Lipinski definition) is 6. The molecule has 0 unspecified atom stereocenters. The van der Waals surface area contributed by atoms with Crippen molar-refractivity contribution in [2.24, 2.45) is 5.73 Å². The zero-order chi connectivity index (χ0) is 14.4. The number of urea groups is 1. The largest absolute Gasteiger partial charge is 0.369 e. The molecule has 1 saturated carbocycles. The summed E-state index contributed by atoms with van der Waals surface area (Å²) in [6.07, 6.45) is 5.64. The minimum atomic E-state index is -0.408. The fourth-order valence-electron chi connectivity index (χ4n) is 2.02. The van der Waals surface area contributed by atoms with Gasteiger partial charge in [-0.15, -0.1) is 10.2 Å². The van der Waals surface area contributed by atoms with E-state index in [1.807, 2.05) is 0 Å². The first-order chi connectivity index (χ1) is 9.63. The Labute approximate surface area is 125 Å². The van der Waals surface area contributed by atoms with Crippen molar-refractivity contribution in [1.29, 1.82) is 0 Å². The number of nitrogens with zero attached hydrogens (tertiary/aromatic N) is 2. The Kier molecular flexibility index (Phi) is 5.60. The average molecular weight is 315 g/mol. The molecule has 0 spiro atoms. The van der Waals surface area contributed by atoms with E-state index in [4.69, 9.17) is 5.73 Å². The van der Waals surface area contributed by atoms with E-state index in [0.29, 0.717) is 9.47 Å². The van der Waals surface area contributed by atoms with Gasteiger partial charge >= 0.3 is 6.03 Å². The molecule has 1 heterocycles. The lowest BCUT2D eigenvalue weighted by Gasteiger charge is -2.22. The van der Waals surface area contributed by atoms with Crippen LogP contribution in [0.5, 0.6) is 0 Å². The predicted octanol–water partition coefficient (Wildman–Crippen LogP) is 1.57. The molecule has 0 saturated heterocycles. The standard InChI is InChI=1S/C11H17N5O2S2/c12-8(17)6-19-11-16-15-10(20-11)14-9(18)13-7-4-2-1-3-5-7/h7H,1-6H2,(H2,12,17)(H2,13,14,15,18). The molecule has 4 N–H and O–H groups in total. The lowest BCUT2D eigenvalue weighted by molar-refractivity contribution is -0.115. The number of rotatable bonds is 5. The van der Waals surface area contributed by atoms with Crippen molar-refractivity contribution in [2.45, 2.75) is 42.5 Å². The molecule has 1 aromatic heterocycles. The maximum atomic E-state index is 11.8. The van der Waals surface area contributed by atoms with Gasteiger partial charge < -0.3 is 11.1 Å². The second kappa shape index (κ2) is 7.44. The summed E-state index contributed by atoms with van der Waals surface area (Å²) in [7, 11) is 0. The van der Waals surface area contributed by atoms with Gasteiger partial charge in [-0.1, -0.05) is 42.4 Å². The first kappa shape index (κ1) is 15.0. The molecule has 0 aliphatic heterocycles. The number of thioether (sulfide) groups is 1. The van der Waals surface area contributed by atoms with E-state index in [2.05, 4.69) is 20.8 Å². The Morgan fingerprint density at radius 1 is 1.30 bits per heavy atom. The third kappa shape index (κ3) is 4.97. The van der Waals surface area contributed by atoms with Gasteiger partial charge in [-0.2, -0.15) is 0 Å². The molecule has 110 valence electrons. The number of nitrogens with one attached hydrogen (secondary N) is 2. The summed E-state index contributed by atoms with van der Waals surface area (Å²) in [5, 5.41) is 13.7. The quantitative estimate of drug-likeness (QED) is 0.564. The molecular weight excluding hydrogens is 298 g/mol. The van der Waals surface area contributed by atoms with Gasteiger partial charge in [0.05, 0.1) is 5.75 Å². The lowest BCUT2D eigenvalue weighted by atomic mass is 9.96. The fraction of sp³-hybridized carbons (Fsp3) is 0.636. The second-order valence-corrected chi connectivity index (χ2v) is 6.76. The van der Waals surface area contributed by atoms with Crippen molar-refractivity contribution in [1.82, 2.24) is 15.5 Å². The third-order valence-electron chi connectivity index (χ3n) is 2.91. The molecule has 1 aliphatic rings. The van der Waals surface area contributed by atoms with Crippen LogP contribution in [0, 0.1) is 0 Å². The molecule has 1 aliphatic carbocycles. The highest BCUT2D eigenvalue weighted by Gasteiger charge is 2.16. The van der Waals surface area contributed by atoms with Crippen LogP contribution in [0.2, 0.25) is 0 Å². The molecule has 0 radical (unpaired) electrons. The van der Waals surface area contributed by atoms with Crippen molar-refractivity contribution < 1.29 is 9.59 Å². The molecule has 1 aromatic rings. The van der Waals surface area contributed by atoms with Gasteiger partial charge in [0.2, 0.25) is 11.0 Å². The van der Waals surface area contributed by atoms with E-state index in [0.717, 1.165) is 25.7 Å². The van der Waals surface area contributed by atoms with Crippen molar-refractivity contribution in [3.63, 3.8) is 0 Å². The summed E-state index contributed by atoms with van der Waals surface area (Å²) in [5.41, 5.74) is 5.05. The summed E-state index contributed by atoms with van der Waals surface area (Å²) >= 11 is 2.44. The van der Waals surface area contributed by atoms with Gasteiger partial charge in [-0.3, -0.25) is 10.1 Å². The topological polar surface area (TPSA) is 110 Å². The van der Waals surface area contributed by atoms with Crippen LogP contribution in [-0.4, -0.2) is 33.9 Å². The fourth-order valence-corrected chi connectivity index (χ4v) is 3.50. The molecule has 20 heavy (non-hydrogen) atoms. The Hall–Kier alpha value is -1.35. The number of carbonyl (C=O) groups excluding carboxylic acids is 2. The van der Waals surface area contributed by atoms with E-state index in [1.165, 1.54) is 29.5 Å². The zero-order valence-corrected chi connectivity index (χ0v) is 12.6. The SMILES string of the molecule is NC(=O)CSc1nnc(NC(=O)NC2CCCCC2)s1. The minimum absolute atomic E-state index is 0.156. The third-order valence-corrected chi connectivity index (χ3v) is 4.90. The summed E-state index contributed by atoms with van der Waals surface area (Å²) in [4.78, 5) is 22.4. The monoisotopic (exact) mass is 315 g/mol. The molecule has 1 fully saturated rings. The van der Waals surface area contributed by atoms with E-state index in [9.17, 15) is 9.59 Å². The summed E-state index contributed by atoms with van der Waals surface area (Å²) < 4.78 is 0.608. The van der Waals surface area contributed by atoms with Gasteiger partial charge in [0.15, 0.2) is 4.34 Å². The molecule has 0 atom stereocenters. The molecule has 3 amide bonds. The highest BCUT2D eigenvalue weighted by molar-refractivity contribution is 8.01. The smallest absolute Gasteiger partial charge is 0.321 e. The number of nitrogens with two attached hydrogens (primary N) is 1. The predicted molar refractivity (Wildman–Crippen MR) is 78.9 cm³/mol. The van der Waals surface area contributed by atoms with Crippen molar-refractivity contribution in [3.8, 4) is 0 Å². The van der Waals surface area contributed by atoms with Gasteiger partial charge in [0, 0.05) is 6.04 Å². The number of amides is 3. The summed E-state index contributed by atoms with van der Waals surface area (Å²) in [6, 6.07) is -0.000111. The van der Waals surface area contributed by atoms with Crippen molar-refractivity contribution in [2.75, 3.05) is 11.1 Å². The molecule has 7 nitrogen and oxygen atoms in total. The van der Waals surface area contributed by atoms with E-state index in [1.54, 1.807) is 0 Å². The number of primary amides is 1. The minimum Gasteiger partial charge on any atom is -0.369 e. The maximum absolute atomic E-state index is 11.8. The van der Waals surface area contributed by atoms with E-state index >= 15 is 0 Å². The van der Waals surface area contributed by atoms with Gasteiger partial charge in [-0.05, 0) is 12.8 Å². The van der Waals surface area contributed by atoms with Crippen LogP contribution in [-0.2, 0) is 4.79 Å². The average Bonchev–Trinajstić information content (AvgIpc) is 2.85. The van der Waals surface area contributed by atoms with Crippen LogP contribution in [0.15, 0.2) is 4.34 Å². The van der Waals surface area contributed by atoms with Gasteiger partial charge in [0.1, 0.15) is 0 Å². The molecule has 2 rings (SSSR count). The van der Waals surface area contributed by atoms with Crippen LogP contribution in [0.4, 0.5) is 9.93 Å². The maximum Gasteiger partial charge on any atom is 0.321 e. The van der Waals surface area contributed by atoms with Gasteiger partial charge in [0.25, 0.3) is 0 Å². The summed E-state index contributed by atoms with van der Waals surface area (Å²) in [6.45, 7) is 0. The molecule has 0 aromatic carbocycles. The van der Waals surface area contributed by atoms with Crippen LogP contribution >= 0.6 is 23.1 Å². The van der Waals surface area contributed by atoms with Crippen LogP contribution in [0.3, 0.4) is 0 Å². The van der Waals surface area contributed by atoms with E-state index < -0.39 is 5.91 Å². The normalized spacial score (nSPS) is 15.8. The Morgan fingerprint density at radius 2 is 2.05 bits per heavy atom. The second-order valence-electron chi connectivity index (χ2n) is 4.56. The Balaban J connectivity index is 1.77. The Bertz CT molecular complexity index is 473.